The summed E-state index contributed by atoms with van der Waals surface area (Å²) in [6.07, 6.45) is -4.60. The molecule has 7 heteroatoms. The van der Waals surface area contributed by atoms with Gasteiger partial charge in [0.05, 0.1) is 18.6 Å². The molecule has 0 heterocycles. The van der Waals surface area contributed by atoms with Gasteiger partial charge < -0.3 is 9.64 Å². The third-order valence-electron chi connectivity index (χ3n) is 4.21. The second-order valence-corrected chi connectivity index (χ2v) is 6.26. The molecule has 0 aliphatic rings. The van der Waals surface area contributed by atoms with Crippen LogP contribution in [0.3, 0.4) is 0 Å². The van der Waals surface area contributed by atoms with E-state index in [1.807, 2.05) is 0 Å². The Balaban J connectivity index is 2.38. The number of ketones is 1. The highest BCUT2D eigenvalue weighted by atomic mass is 19.4. The third-order valence-corrected chi connectivity index (χ3v) is 4.21. The minimum Gasteiger partial charge on any atom is -0.497 e. The number of benzene rings is 2. The molecule has 2 aromatic carbocycles. The van der Waals surface area contributed by atoms with Gasteiger partial charge in [0.15, 0.2) is 5.78 Å². The number of halogens is 3. The predicted octanol–water partition coefficient (Wildman–Crippen LogP) is 4.16. The van der Waals surface area contributed by atoms with Crippen molar-refractivity contribution < 1.29 is 27.5 Å². The number of amides is 1. The topological polar surface area (TPSA) is 46.6 Å². The molecule has 1 amide bonds. The highest BCUT2D eigenvalue weighted by Gasteiger charge is 2.31. The Bertz CT molecular complexity index is 797. The molecule has 27 heavy (non-hydrogen) atoms. The van der Waals surface area contributed by atoms with E-state index in [1.165, 1.54) is 24.1 Å². The molecule has 4 nitrogen and oxygen atoms in total. The van der Waals surface area contributed by atoms with Gasteiger partial charge in [-0.1, -0.05) is 12.1 Å². The number of ether oxygens (including phenoxy) is 1. The van der Waals surface area contributed by atoms with E-state index in [4.69, 9.17) is 4.74 Å². The van der Waals surface area contributed by atoms with E-state index >= 15 is 0 Å². The summed E-state index contributed by atoms with van der Waals surface area (Å²) < 4.78 is 43.4. The van der Waals surface area contributed by atoms with Gasteiger partial charge in [-0.25, -0.2) is 0 Å². The molecule has 0 fully saturated rings. The first-order chi connectivity index (χ1) is 12.6. The number of hydrogen-bond donors (Lipinski definition) is 0. The van der Waals surface area contributed by atoms with E-state index in [2.05, 4.69) is 0 Å². The normalized spacial score (nSPS) is 12.4. The molecule has 0 aromatic heterocycles. The summed E-state index contributed by atoms with van der Waals surface area (Å²) in [5.41, 5.74) is -0.0906. The van der Waals surface area contributed by atoms with Crippen LogP contribution in [-0.4, -0.2) is 37.8 Å². The molecule has 0 radical (unpaired) electrons. The second kappa shape index (κ2) is 8.24. The molecule has 2 aromatic rings. The zero-order chi connectivity index (χ0) is 20.2. The van der Waals surface area contributed by atoms with Gasteiger partial charge in [0.2, 0.25) is 5.91 Å². The lowest BCUT2D eigenvalue weighted by Gasteiger charge is -2.19. The monoisotopic (exact) mass is 379 g/mol. The Labute approximate surface area is 155 Å². The van der Waals surface area contributed by atoms with Gasteiger partial charge in [-0.2, -0.15) is 13.2 Å². The quantitative estimate of drug-likeness (QED) is 0.708. The van der Waals surface area contributed by atoms with Crippen LogP contribution in [0.1, 0.15) is 33.8 Å². The summed E-state index contributed by atoms with van der Waals surface area (Å²) in [5.74, 6) is -0.938. The maximum absolute atomic E-state index is 13.0. The van der Waals surface area contributed by atoms with Crippen LogP contribution in [0.2, 0.25) is 0 Å². The van der Waals surface area contributed by atoms with Crippen LogP contribution in [0, 0.1) is 0 Å². The van der Waals surface area contributed by atoms with Gasteiger partial charge in [-0.3, -0.25) is 9.59 Å². The van der Waals surface area contributed by atoms with Crippen LogP contribution in [0.5, 0.6) is 5.75 Å². The van der Waals surface area contributed by atoms with Gasteiger partial charge in [0.1, 0.15) is 5.75 Å². The van der Waals surface area contributed by atoms with Crippen LogP contribution in [-0.2, 0) is 11.0 Å². The zero-order valence-corrected chi connectivity index (χ0v) is 15.2. The predicted molar refractivity (Wildman–Crippen MR) is 94.8 cm³/mol. The number of hydrogen-bond acceptors (Lipinski definition) is 3. The van der Waals surface area contributed by atoms with Crippen molar-refractivity contribution in [3.8, 4) is 5.75 Å². The molecule has 2 rings (SSSR count). The first-order valence-electron chi connectivity index (χ1n) is 8.19. The maximum Gasteiger partial charge on any atom is 0.416 e. The summed E-state index contributed by atoms with van der Waals surface area (Å²) >= 11 is 0. The molecule has 0 N–H and O–H groups in total. The molecule has 0 aliphatic carbocycles. The molecule has 0 spiro atoms. The number of nitrogens with zero attached hydrogens (tertiary/aromatic N) is 1. The Kier molecular flexibility index (Phi) is 6.25. The lowest BCUT2D eigenvalue weighted by Crippen LogP contribution is -2.26. The fourth-order valence-electron chi connectivity index (χ4n) is 2.58. The van der Waals surface area contributed by atoms with Crippen molar-refractivity contribution in [1.82, 2.24) is 4.90 Å². The van der Waals surface area contributed by atoms with Crippen LogP contribution in [0.25, 0.3) is 0 Å². The van der Waals surface area contributed by atoms with Crippen molar-refractivity contribution in [2.45, 2.75) is 18.5 Å². The van der Waals surface area contributed by atoms with Crippen molar-refractivity contribution >= 4 is 11.7 Å². The van der Waals surface area contributed by atoms with Crippen LogP contribution >= 0.6 is 0 Å². The summed E-state index contributed by atoms with van der Waals surface area (Å²) in [6, 6.07) is 10.7. The molecule has 144 valence electrons. The summed E-state index contributed by atoms with van der Waals surface area (Å²) in [4.78, 5) is 26.5. The summed E-state index contributed by atoms with van der Waals surface area (Å²) in [5, 5.41) is 0. The third kappa shape index (κ3) is 5.09. The van der Waals surface area contributed by atoms with E-state index in [0.29, 0.717) is 16.9 Å². The molecule has 0 unspecified atom stereocenters. The van der Waals surface area contributed by atoms with Crippen molar-refractivity contribution in [2.24, 2.45) is 0 Å². The standard InChI is InChI=1S/C20H20F3NO3/c1-24(2)18(25)12-17(13-4-8-15(9-5-13)20(21,22)23)19(26)14-6-10-16(27-3)11-7-14/h4-11,17H,12H2,1-3H3/t17-/m1/s1. The number of methoxy groups -OCH3 is 1. The molecule has 0 bridgehead atoms. The first kappa shape index (κ1) is 20.5. The number of rotatable bonds is 6. The van der Waals surface area contributed by atoms with Crippen LogP contribution in [0.4, 0.5) is 13.2 Å². The molecular formula is C20H20F3NO3. The minimum atomic E-state index is -4.46. The largest absolute Gasteiger partial charge is 0.497 e. The van der Waals surface area contributed by atoms with Crippen molar-refractivity contribution in [3.63, 3.8) is 0 Å². The van der Waals surface area contributed by atoms with Gasteiger partial charge in [-0.15, -0.1) is 0 Å². The highest BCUT2D eigenvalue weighted by Crippen LogP contribution is 2.32. The van der Waals surface area contributed by atoms with E-state index in [1.54, 1.807) is 38.4 Å². The maximum atomic E-state index is 13.0. The van der Waals surface area contributed by atoms with E-state index in [0.717, 1.165) is 12.1 Å². The zero-order valence-electron chi connectivity index (χ0n) is 15.2. The second-order valence-electron chi connectivity index (χ2n) is 6.26. The van der Waals surface area contributed by atoms with Crippen molar-refractivity contribution in [1.29, 1.82) is 0 Å². The summed E-state index contributed by atoms with van der Waals surface area (Å²) in [6.45, 7) is 0. The average Bonchev–Trinajstić information content (AvgIpc) is 2.64. The molecular weight excluding hydrogens is 359 g/mol. The fraction of sp³-hybridized carbons (Fsp3) is 0.300. The fourth-order valence-corrected chi connectivity index (χ4v) is 2.58. The Morgan fingerprint density at radius 1 is 1.00 bits per heavy atom. The number of carbonyl (C=O) groups is 2. The van der Waals surface area contributed by atoms with Crippen LogP contribution in [0.15, 0.2) is 48.5 Å². The summed E-state index contributed by atoms with van der Waals surface area (Å²) in [7, 11) is 4.62. The van der Waals surface area contributed by atoms with Gasteiger partial charge in [0.25, 0.3) is 0 Å². The van der Waals surface area contributed by atoms with E-state index < -0.39 is 17.7 Å². The van der Waals surface area contributed by atoms with E-state index in [-0.39, 0.29) is 18.1 Å². The SMILES string of the molecule is COc1ccc(C(=O)[C@H](CC(=O)N(C)C)c2ccc(C(F)(F)F)cc2)cc1. The van der Waals surface area contributed by atoms with Gasteiger partial charge >= 0.3 is 6.18 Å². The first-order valence-corrected chi connectivity index (χ1v) is 8.19. The van der Waals surface area contributed by atoms with Crippen LogP contribution < -0.4 is 4.74 Å². The lowest BCUT2D eigenvalue weighted by molar-refractivity contribution is -0.137. The molecule has 0 aliphatic heterocycles. The number of carbonyl (C=O) groups excluding carboxylic acids is 2. The van der Waals surface area contributed by atoms with E-state index in [9.17, 15) is 22.8 Å². The number of alkyl halides is 3. The van der Waals surface area contributed by atoms with Crippen molar-refractivity contribution in [2.75, 3.05) is 21.2 Å². The Hall–Kier alpha value is -2.83. The molecule has 0 saturated heterocycles. The average molecular weight is 379 g/mol. The Morgan fingerprint density at radius 3 is 2.00 bits per heavy atom. The molecule has 0 saturated carbocycles. The minimum absolute atomic E-state index is 0.136. The highest BCUT2D eigenvalue weighted by molar-refractivity contribution is 6.03. The number of Topliss-reactive ketones (excluding diaryl/α,β-unsaturated/α-hetero) is 1. The Morgan fingerprint density at radius 2 is 1.56 bits per heavy atom. The van der Waals surface area contributed by atoms with Gasteiger partial charge in [0, 0.05) is 26.1 Å². The van der Waals surface area contributed by atoms with Crippen molar-refractivity contribution in [3.05, 3.63) is 65.2 Å². The smallest absolute Gasteiger partial charge is 0.416 e. The van der Waals surface area contributed by atoms with Gasteiger partial charge in [-0.05, 0) is 42.0 Å². The molecule has 1 atom stereocenters. The lowest BCUT2D eigenvalue weighted by atomic mass is 9.87.